The van der Waals surface area contributed by atoms with Crippen molar-refractivity contribution in [2.45, 2.75) is 38.8 Å². The lowest BCUT2D eigenvalue weighted by Crippen LogP contribution is -2.45. The lowest BCUT2D eigenvalue weighted by molar-refractivity contribution is -0.143. The molecule has 0 saturated carbocycles. The molecular formula is C18H21N3O4. The first-order chi connectivity index (χ1) is 11.7. The van der Waals surface area contributed by atoms with Crippen LogP contribution in [0.25, 0.3) is 10.9 Å². The van der Waals surface area contributed by atoms with Gasteiger partial charge in [0.25, 0.3) is 0 Å². The molecule has 7 heteroatoms. The SMILES string of the molecule is COC(=O)C(Cc1c[nH]c2cccc(C#N)c12)NC(=O)OC(C)(C)C. The van der Waals surface area contributed by atoms with Crippen LogP contribution in [0, 0.1) is 11.3 Å². The highest BCUT2D eigenvalue weighted by Gasteiger charge is 2.26. The van der Waals surface area contributed by atoms with Crippen molar-refractivity contribution in [2.75, 3.05) is 7.11 Å². The van der Waals surface area contributed by atoms with Gasteiger partial charge in [0, 0.05) is 23.5 Å². The zero-order chi connectivity index (χ0) is 18.6. The number of hydrogen-bond acceptors (Lipinski definition) is 5. The summed E-state index contributed by atoms with van der Waals surface area (Å²) in [6.07, 6.45) is 1.19. The van der Waals surface area contributed by atoms with Crippen molar-refractivity contribution in [3.05, 3.63) is 35.5 Å². The van der Waals surface area contributed by atoms with E-state index in [4.69, 9.17) is 9.47 Å². The predicted molar refractivity (Wildman–Crippen MR) is 91.9 cm³/mol. The fourth-order valence-corrected chi connectivity index (χ4v) is 2.52. The number of alkyl carbamates (subject to hydrolysis) is 1. The first-order valence-corrected chi connectivity index (χ1v) is 7.81. The molecule has 1 aromatic heterocycles. The van der Waals surface area contributed by atoms with E-state index in [2.05, 4.69) is 16.4 Å². The number of ether oxygens (including phenoxy) is 2. The molecule has 2 rings (SSSR count). The summed E-state index contributed by atoms with van der Waals surface area (Å²) < 4.78 is 9.97. The topological polar surface area (TPSA) is 104 Å². The molecule has 0 aliphatic rings. The third kappa shape index (κ3) is 4.51. The van der Waals surface area contributed by atoms with Gasteiger partial charge in [-0.2, -0.15) is 5.26 Å². The summed E-state index contributed by atoms with van der Waals surface area (Å²) >= 11 is 0. The molecule has 0 radical (unpaired) electrons. The van der Waals surface area contributed by atoms with Gasteiger partial charge in [-0.3, -0.25) is 0 Å². The fraction of sp³-hybridized carbons (Fsp3) is 0.389. The maximum Gasteiger partial charge on any atom is 0.408 e. The molecule has 2 N–H and O–H groups in total. The zero-order valence-electron chi connectivity index (χ0n) is 14.7. The highest BCUT2D eigenvalue weighted by Crippen LogP contribution is 2.23. The monoisotopic (exact) mass is 343 g/mol. The predicted octanol–water partition coefficient (Wildman–Crippen LogP) is 2.65. The molecule has 0 spiro atoms. The molecule has 0 saturated heterocycles. The molecule has 1 unspecified atom stereocenters. The number of aromatic nitrogens is 1. The van der Waals surface area contributed by atoms with E-state index in [0.717, 1.165) is 16.5 Å². The van der Waals surface area contributed by atoms with Crippen LogP contribution in [0.5, 0.6) is 0 Å². The van der Waals surface area contributed by atoms with Crippen LogP contribution in [0.1, 0.15) is 31.9 Å². The average Bonchev–Trinajstić information content (AvgIpc) is 2.94. The second kappa shape index (κ2) is 7.26. The van der Waals surface area contributed by atoms with E-state index in [-0.39, 0.29) is 6.42 Å². The molecule has 0 aliphatic heterocycles. The summed E-state index contributed by atoms with van der Waals surface area (Å²) in [6, 6.07) is 6.53. The second-order valence-electron chi connectivity index (χ2n) is 6.58. The van der Waals surface area contributed by atoms with Crippen LogP contribution in [-0.2, 0) is 20.7 Å². The Kier molecular flexibility index (Phi) is 5.32. The Bertz CT molecular complexity index is 827. The van der Waals surface area contributed by atoms with Crippen LogP contribution in [0.4, 0.5) is 4.79 Å². The minimum absolute atomic E-state index is 0.171. The van der Waals surface area contributed by atoms with Gasteiger partial charge in [0.2, 0.25) is 0 Å². The number of methoxy groups -OCH3 is 1. The Morgan fingerprint density at radius 3 is 2.68 bits per heavy atom. The molecular weight excluding hydrogens is 322 g/mol. The number of nitriles is 1. The fourth-order valence-electron chi connectivity index (χ4n) is 2.52. The van der Waals surface area contributed by atoms with Gasteiger partial charge >= 0.3 is 12.1 Å². The van der Waals surface area contributed by atoms with Crippen molar-refractivity contribution in [1.29, 1.82) is 5.26 Å². The maximum absolute atomic E-state index is 12.1. The summed E-state index contributed by atoms with van der Waals surface area (Å²) in [7, 11) is 1.25. The molecule has 2 aromatic rings. The molecule has 0 fully saturated rings. The Balaban J connectivity index is 2.28. The summed E-state index contributed by atoms with van der Waals surface area (Å²) in [5.74, 6) is -0.588. The summed E-state index contributed by atoms with van der Waals surface area (Å²) in [4.78, 5) is 27.1. The first kappa shape index (κ1) is 18.3. The largest absolute Gasteiger partial charge is 0.467 e. The van der Waals surface area contributed by atoms with Crippen molar-refractivity contribution in [2.24, 2.45) is 0 Å². The van der Waals surface area contributed by atoms with E-state index in [0.29, 0.717) is 5.56 Å². The third-order valence-electron chi connectivity index (χ3n) is 3.51. The summed E-state index contributed by atoms with van der Waals surface area (Å²) in [6.45, 7) is 5.20. The molecule has 25 heavy (non-hydrogen) atoms. The molecule has 0 aliphatic carbocycles. The molecule has 1 amide bonds. The summed E-state index contributed by atoms with van der Waals surface area (Å²) in [5.41, 5.74) is 1.34. The van der Waals surface area contributed by atoms with Crippen LogP contribution in [-0.4, -0.2) is 35.8 Å². The van der Waals surface area contributed by atoms with Gasteiger partial charge in [0.1, 0.15) is 11.6 Å². The number of rotatable bonds is 4. The lowest BCUT2D eigenvalue weighted by atomic mass is 10.0. The second-order valence-corrected chi connectivity index (χ2v) is 6.58. The number of aromatic amines is 1. The number of nitrogens with zero attached hydrogens (tertiary/aromatic N) is 1. The van der Waals surface area contributed by atoms with Gasteiger partial charge in [0.05, 0.1) is 18.7 Å². The van der Waals surface area contributed by atoms with E-state index in [1.54, 1.807) is 39.1 Å². The van der Waals surface area contributed by atoms with E-state index < -0.39 is 23.7 Å². The van der Waals surface area contributed by atoms with E-state index >= 15 is 0 Å². The minimum atomic E-state index is -0.925. The van der Waals surface area contributed by atoms with E-state index in [1.807, 2.05) is 6.07 Å². The standard InChI is InChI=1S/C18H21N3O4/c1-18(2,3)25-17(23)21-14(16(22)24-4)8-12-10-20-13-7-5-6-11(9-19)15(12)13/h5-7,10,14,20H,8H2,1-4H3,(H,21,23). The van der Waals surface area contributed by atoms with E-state index in [9.17, 15) is 14.9 Å². The number of esters is 1. The third-order valence-corrected chi connectivity index (χ3v) is 3.51. The van der Waals surface area contributed by atoms with Crippen molar-refractivity contribution in [3.8, 4) is 6.07 Å². The normalized spacial score (nSPS) is 12.3. The van der Waals surface area contributed by atoms with Crippen LogP contribution >= 0.6 is 0 Å². The molecule has 0 bridgehead atoms. The van der Waals surface area contributed by atoms with Crippen molar-refractivity contribution in [1.82, 2.24) is 10.3 Å². The molecule has 7 nitrogen and oxygen atoms in total. The highest BCUT2D eigenvalue weighted by molar-refractivity contribution is 5.90. The number of H-pyrrole nitrogens is 1. The van der Waals surface area contributed by atoms with Gasteiger partial charge in [-0.1, -0.05) is 6.07 Å². The van der Waals surface area contributed by atoms with Crippen LogP contribution in [0.3, 0.4) is 0 Å². The van der Waals surface area contributed by atoms with Gasteiger partial charge in [-0.25, -0.2) is 9.59 Å². The van der Waals surface area contributed by atoms with Crippen LogP contribution in [0.2, 0.25) is 0 Å². The minimum Gasteiger partial charge on any atom is -0.467 e. The number of benzene rings is 1. The molecule has 1 atom stereocenters. The van der Waals surface area contributed by atoms with Gasteiger partial charge in [0.15, 0.2) is 0 Å². The van der Waals surface area contributed by atoms with E-state index in [1.165, 1.54) is 7.11 Å². The van der Waals surface area contributed by atoms with Crippen molar-refractivity contribution in [3.63, 3.8) is 0 Å². The van der Waals surface area contributed by atoms with Crippen LogP contribution in [0.15, 0.2) is 24.4 Å². The van der Waals surface area contributed by atoms with Gasteiger partial charge < -0.3 is 19.8 Å². The number of hydrogen-bond donors (Lipinski definition) is 2. The number of amides is 1. The lowest BCUT2D eigenvalue weighted by Gasteiger charge is -2.22. The van der Waals surface area contributed by atoms with Crippen molar-refractivity contribution >= 4 is 23.0 Å². The number of carbonyl (C=O) groups excluding carboxylic acids is 2. The quantitative estimate of drug-likeness (QED) is 0.831. The maximum atomic E-state index is 12.1. The first-order valence-electron chi connectivity index (χ1n) is 7.81. The Morgan fingerprint density at radius 1 is 1.36 bits per heavy atom. The van der Waals surface area contributed by atoms with Gasteiger partial charge in [-0.15, -0.1) is 0 Å². The van der Waals surface area contributed by atoms with Crippen molar-refractivity contribution < 1.29 is 19.1 Å². The molecule has 132 valence electrons. The zero-order valence-corrected chi connectivity index (χ0v) is 14.7. The number of carbonyl (C=O) groups is 2. The highest BCUT2D eigenvalue weighted by atomic mass is 16.6. The Labute approximate surface area is 145 Å². The average molecular weight is 343 g/mol. The Morgan fingerprint density at radius 2 is 2.08 bits per heavy atom. The molecule has 1 aromatic carbocycles. The molecule has 1 heterocycles. The smallest absolute Gasteiger partial charge is 0.408 e. The summed E-state index contributed by atoms with van der Waals surface area (Å²) in [5, 5.41) is 12.6. The van der Waals surface area contributed by atoms with Gasteiger partial charge in [-0.05, 0) is 38.5 Å². The number of fused-ring (bicyclic) bond motifs is 1. The van der Waals surface area contributed by atoms with Crippen LogP contribution < -0.4 is 5.32 Å². The number of nitrogens with one attached hydrogen (secondary N) is 2. The Hall–Kier alpha value is -3.01.